The topological polar surface area (TPSA) is 102 Å². The standard InChI is InChI=1S/C13H14N2O4/c14-12(7-4-8(7)13(17)18)6-1-2-10-9(3-6)15-11(16)5-19-10/h1-3,7-8,12H,4-5,14H2,(H,15,16)(H,17,18). The van der Waals surface area contributed by atoms with Crippen molar-refractivity contribution >= 4 is 17.6 Å². The van der Waals surface area contributed by atoms with Crippen LogP contribution in [0.1, 0.15) is 18.0 Å². The summed E-state index contributed by atoms with van der Waals surface area (Å²) in [5, 5.41) is 11.6. The molecular formula is C13H14N2O4. The molecule has 4 N–H and O–H groups in total. The number of hydrogen-bond donors (Lipinski definition) is 3. The number of nitrogens with two attached hydrogens (primary N) is 1. The molecule has 1 aromatic carbocycles. The Balaban J connectivity index is 1.80. The molecule has 3 rings (SSSR count). The molecule has 0 radical (unpaired) electrons. The highest BCUT2D eigenvalue weighted by Crippen LogP contribution is 2.47. The zero-order valence-corrected chi connectivity index (χ0v) is 10.1. The van der Waals surface area contributed by atoms with E-state index in [2.05, 4.69) is 5.32 Å². The summed E-state index contributed by atoms with van der Waals surface area (Å²) in [7, 11) is 0. The first-order chi connectivity index (χ1) is 9.06. The second kappa shape index (κ2) is 4.24. The van der Waals surface area contributed by atoms with E-state index in [0.29, 0.717) is 17.9 Å². The van der Waals surface area contributed by atoms with Gasteiger partial charge in [-0.3, -0.25) is 9.59 Å². The molecule has 6 heteroatoms. The number of nitrogens with one attached hydrogen (secondary N) is 1. The van der Waals surface area contributed by atoms with Crippen molar-refractivity contribution in [2.75, 3.05) is 11.9 Å². The molecule has 0 bridgehead atoms. The Morgan fingerprint density at radius 2 is 2.32 bits per heavy atom. The number of hydrogen-bond acceptors (Lipinski definition) is 4. The molecule has 1 aromatic rings. The highest BCUT2D eigenvalue weighted by Gasteiger charge is 2.47. The summed E-state index contributed by atoms with van der Waals surface area (Å²) in [5.74, 6) is -0.767. The SMILES string of the molecule is NC(c1ccc2c(c1)NC(=O)CO2)C1CC1C(=O)O. The van der Waals surface area contributed by atoms with Crippen LogP contribution in [0.15, 0.2) is 18.2 Å². The van der Waals surface area contributed by atoms with Crippen molar-refractivity contribution in [2.45, 2.75) is 12.5 Å². The predicted octanol–water partition coefficient (Wildman–Crippen LogP) is 0.738. The second-order valence-electron chi connectivity index (χ2n) is 4.96. The normalized spacial score (nSPS) is 25.8. The van der Waals surface area contributed by atoms with Crippen LogP contribution in [0.25, 0.3) is 0 Å². The summed E-state index contributed by atoms with van der Waals surface area (Å²) in [6.07, 6.45) is 0.608. The Morgan fingerprint density at radius 1 is 1.53 bits per heavy atom. The van der Waals surface area contributed by atoms with Gasteiger partial charge in [0.2, 0.25) is 0 Å². The molecule has 0 aromatic heterocycles. The number of ether oxygens (including phenoxy) is 1. The number of rotatable bonds is 3. The molecule has 6 nitrogen and oxygen atoms in total. The van der Waals surface area contributed by atoms with Gasteiger partial charge in [0, 0.05) is 6.04 Å². The van der Waals surface area contributed by atoms with Crippen molar-refractivity contribution in [1.29, 1.82) is 0 Å². The maximum Gasteiger partial charge on any atom is 0.306 e. The molecule has 1 heterocycles. The molecule has 1 amide bonds. The van der Waals surface area contributed by atoms with Crippen LogP contribution >= 0.6 is 0 Å². The Labute approximate surface area is 109 Å². The lowest BCUT2D eigenvalue weighted by molar-refractivity contribution is -0.138. The fraction of sp³-hybridized carbons (Fsp3) is 0.385. The number of carboxylic acids is 1. The van der Waals surface area contributed by atoms with Crippen molar-refractivity contribution < 1.29 is 19.4 Å². The second-order valence-corrected chi connectivity index (χ2v) is 4.96. The lowest BCUT2D eigenvalue weighted by Crippen LogP contribution is -2.26. The van der Waals surface area contributed by atoms with Gasteiger partial charge in [-0.1, -0.05) is 6.07 Å². The van der Waals surface area contributed by atoms with E-state index in [1.165, 1.54) is 0 Å². The molecule has 19 heavy (non-hydrogen) atoms. The average molecular weight is 262 g/mol. The average Bonchev–Trinajstić information content (AvgIpc) is 3.17. The number of anilines is 1. The molecule has 1 aliphatic heterocycles. The summed E-state index contributed by atoms with van der Waals surface area (Å²) >= 11 is 0. The molecule has 3 unspecified atom stereocenters. The van der Waals surface area contributed by atoms with Crippen LogP contribution in [0.2, 0.25) is 0 Å². The number of benzene rings is 1. The largest absolute Gasteiger partial charge is 0.482 e. The van der Waals surface area contributed by atoms with Gasteiger partial charge in [0.1, 0.15) is 5.75 Å². The fourth-order valence-corrected chi connectivity index (χ4v) is 2.45. The van der Waals surface area contributed by atoms with Crippen molar-refractivity contribution in [3.05, 3.63) is 23.8 Å². The minimum Gasteiger partial charge on any atom is -0.482 e. The van der Waals surface area contributed by atoms with E-state index in [-0.39, 0.29) is 30.4 Å². The molecule has 1 fully saturated rings. The fourth-order valence-electron chi connectivity index (χ4n) is 2.45. The molecule has 1 aliphatic carbocycles. The van der Waals surface area contributed by atoms with Gasteiger partial charge in [0.25, 0.3) is 5.91 Å². The van der Waals surface area contributed by atoms with Gasteiger partial charge in [0.15, 0.2) is 6.61 Å². The summed E-state index contributed by atoms with van der Waals surface area (Å²) in [6.45, 7) is 0.0160. The van der Waals surface area contributed by atoms with Gasteiger partial charge < -0.3 is 20.9 Å². The van der Waals surface area contributed by atoms with Crippen LogP contribution in [0.5, 0.6) is 5.75 Å². The third kappa shape index (κ3) is 2.15. The Bertz CT molecular complexity index is 558. The number of fused-ring (bicyclic) bond motifs is 1. The maximum absolute atomic E-state index is 11.2. The molecular weight excluding hydrogens is 248 g/mol. The Kier molecular flexibility index (Phi) is 2.67. The van der Waals surface area contributed by atoms with Crippen LogP contribution in [0, 0.1) is 11.8 Å². The van der Waals surface area contributed by atoms with E-state index < -0.39 is 5.97 Å². The van der Waals surface area contributed by atoms with Crippen LogP contribution < -0.4 is 15.8 Å². The van der Waals surface area contributed by atoms with E-state index in [9.17, 15) is 9.59 Å². The molecule has 0 saturated heterocycles. The summed E-state index contributed by atoms with van der Waals surface area (Å²) < 4.78 is 5.26. The van der Waals surface area contributed by atoms with Gasteiger partial charge in [0.05, 0.1) is 11.6 Å². The Morgan fingerprint density at radius 3 is 3.00 bits per heavy atom. The van der Waals surface area contributed by atoms with Gasteiger partial charge >= 0.3 is 5.97 Å². The minimum atomic E-state index is -0.796. The molecule has 1 saturated carbocycles. The third-order valence-corrected chi connectivity index (χ3v) is 3.64. The van der Waals surface area contributed by atoms with Crippen molar-refractivity contribution in [2.24, 2.45) is 17.6 Å². The zero-order valence-electron chi connectivity index (χ0n) is 10.1. The van der Waals surface area contributed by atoms with Gasteiger partial charge in [-0.15, -0.1) is 0 Å². The van der Waals surface area contributed by atoms with Gasteiger partial charge in [-0.25, -0.2) is 0 Å². The number of aliphatic carboxylic acids is 1. The third-order valence-electron chi connectivity index (χ3n) is 3.64. The number of carbonyl (C=O) groups is 2. The number of carboxylic acid groups (broad SMARTS) is 1. The summed E-state index contributed by atoms with van der Waals surface area (Å²) in [6, 6.07) is 5.00. The predicted molar refractivity (Wildman–Crippen MR) is 66.7 cm³/mol. The maximum atomic E-state index is 11.2. The van der Waals surface area contributed by atoms with Crippen molar-refractivity contribution in [1.82, 2.24) is 0 Å². The van der Waals surface area contributed by atoms with Crippen molar-refractivity contribution in [3.8, 4) is 5.75 Å². The lowest BCUT2D eigenvalue weighted by atomic mass is 10.0. The van der Waals surface area contributed by atoms with Gasteiger partial charge in [-0.2, -0.15) is 0 Å². The van der Waals surface area contributed by atoms with Crippen LogP contribution in [0.4, 0.5) is 5.69 Å². The van der Waals surface area contributed by atoms with E-state index in [4.69, 9.17) is 15.6 Å². The van der Waals surface area contributed by atoms with Gasteiger partial charge in [-0.05, 0) is 30.0 Å². The van der Waals surface area contributed by atoms with E-state index in [1.807, 2.05) is 6.07 Å². The highest BCUT2D eigenvalue weighted by molar-refractivity contribution is 5.95. The number of amides is 1. The number of carbonyl (C=O) groups excluding carboxylic acids is 1. The van der Waals surface area contributed by atoms with E-state index >= 15 is 0 Å². The first-order valence-electron chi connectivity index (χ1n) is 6.11. The first-order valence-corrected chi connectivity index (χ1v) is 6.11. The zero-order chi connectivity index (χ0) is 13.6. The smallest absolute Gasteiger partial charge is 0.306 e. The van der Waals surface area contributed by atoms with Crippen LogP contribution in [-0.4, -0.2) is 23.6 Å². The summed E-state index contributed by atoms with van der Waals surface area (Å²) in [4.78, 5) is 22.1. The van der Waals surface area contributed by atoms with E-state index in [1.54, 1.807) is 12.1 Å². The molecule has 3 atom stereocenters. The minimum absolute atomic E-state index is 0.0160. The molecule has 0 spiro atoms. The van der Waals surface area contributed by atoms with E-state index in [0.717, 1.165) is 5.56 Å². The molecule has 2 aliphatic rings. The Hall–Kier alpha value is -2.08. The lowest BCUT2D eigenvalue weighted by Gasteiger charge is -2.20. The monoisotopic (exact) mass is 262 g/mol. The molecule has 100 valence electrons. The first kappa shape index (κ1) is 12.0. The quantitative estimate of drug-likeness (QED) is 0.745. The van der Waals surface area contributed by atoms with Crippen molar-refractivity contribution in [3.63, 3.8) is 0 Å². The summed E-state index contributed by atoms with van der Waals surface area (Å²) in [5.41, 5.74) is 7.49. The highest BCUT2D eigenvalue weighted by atomic mass is 16.5. The van der Waals surface area contributed by atoms with Crippen LogP contribution in [-0.2, 0) is 9.59 Å². The van der Waals surface area contributed by atoms with Crippen LogP contribution in [0.3, 0.4) is 0 Å².